The molecule has 8 nitrogen and oxygen atoms in total. The van der Waals surface area contributed by atoms with Gasteiger partial charge in [0.25, 0.3) is 0 Å². The van der Waals surface area contributed by atoms with Crippen LogP contribution in [0.25, 0.3) is 0 Å². The van der Waals surface area contributed by atoms with E-state index in [4.69, 9.17) is 9.47 Å². The van der Waals surface area contributed by atoms with Crippen LogP contribution in [-0.2, 0) is 20.9 Å². The molecule has 2 heterocycles. The topological polar surface area (TPSA) is 95.8 Å². The second-order valence-electron chi connectivity index (χ2n) is 5.98. The van der Waals surface area contributed by atoms with Gasteiger partial charge in [-0.15, -0.1) is 11.3 Å². The van der Waals surface area contributed by atoms with Crippen LogP contribution in [0.3, 0.4) is 0 Å². The smallest absolute Gasteiger partial charge is 0.358 e. The molecule has 1 aliphatic rings. The van der Waals surface area contributed by atoms with E-state index < -0.39 is 18.4 Å². The summed E-state index contributed by atoms with van der Waals surface area (Å²) in [5.74, 6) is -0.851. The number of carbonyl (C=O) groups is 2. The number of anilines is 2. The van der Waals surface area contributed by atoms with E-state index in [-0.39, 0.29) is 11.3 Å². The van der Waals surface area contributed by atoms with Crippen LogP contribution in [0.4, 0.5) is 11.4 Å². The van der Waals surface area contributed by atoms with Crippen LogP contribution in [0.15, 0.2) is 41.0 Å². The molecule has 1 aliphatic heterocycles. The minimum absolute atomic E-state index is 0.0765. The van der Waals surface area contributed by atoms with Crippen molar-refractivity contribution in [3.8, 4) is 6.07 Å². The number of fused-ring (bicyclic) bond motifs is 1. The lowest BCUT2D eigenvalue weighted by Crippen LogP contribution is -2.27. The molecule has 0 saturated heterocycles. The number of esters is 1. The van der Waals surface area contributed by atoms with E-state index in [9.17, 15) is 14.9 Å². The van der Waals surface area contributed by atoms with Gasteiger partial charge in [0.1, 0.15) is 22.5 Å². The molecule has 0 amide bonds. The van der Waals surface area contributed by atoms with Gasteiger partial charge in [0.05, 0.1) is 18.0 Å². The van der Waals surface area contributed by atoms with Gasteiger partial charge in [-0.25, -0.2) is 9.78 Å². The van der Waals surface area contributed by atoms with Crippen molar-refractivity contribution in [1.82, 2.24) is 4.98 Å². The number of methoxy groups -OCH3 is 1. The van der Waals surface area contributed by atoms with Crippen molar-refractivity contribution >= 4 is 34.5 Å². The number of nitrogens with zero attached hydrogens (tertiary/aromatic N) is 4. The van der Waals surface area contributed by atoms with Crippen molar-refractivity contribution in [3.63, 3.8) is 0 Å². The van der Waals surface area contributed by atoms with Gasteiger partial charge < -0.3 is 19.3 Å². The molecule has 0 atom stereocenters. The SMILES string of the molecule is COCc1nc(C(=O)OCC(=O)C(C#N)=C2N(C)c3ccccc3N2C)cs1. The lowest BCUT2D eigenvalue weighted by molar-refractivity contribution is -0.118. The van der Waals surface area contributed by atoms with E-state index in [1.54, 1.807) is 29.3 Å². The van der Waals surface area contributed by atoms with Crippen LogP contribution < -0.4 is 9.80 Å². The number of carbonyl (C=O) groups excluding carboxylic acids is 2. The molecular formula is C19H18N4O4S. The fourth-order valence-electron chi connectivity index (χ4n) is 2.93. The van der Waals surface area contributed by atoms with Crippen molar-refractivity contribution in [2.75, 3.05) is 37.6 Å². The molecule has 1 aromatic heterocycles. The second-order valence-corrected chi connectivity index (χ2v) is 6.92. The molecule has 9 heteroatoms. The number of hydrogen-bond acceptors (Lipinski definition) is 9. The van der Waals surface area contributed by atoms with E-state index in [0.717, 1.165) is 11.4 Å². The van der Waals surface area contributed by atoms with Crippen LogP contribution in [0.1, 0.15) is 15.5 Å². The zero-order valence-electron chi connectivity index (χ0n) is 15.6. The Balaban J connectivity index is 1.75. The zero-order valence-corrected chi connectivity index (χ0v) is 16.4. The van der Waals surface area contributed by atoms with Gasteiger partial charge in [-0.1, -0.05) is 12.1 Å². The lowest BCUT2D eigenvalue weighted by Gasteiger charge is -2.19. The first-order valence-electron chi connectivity index (χ1n) is 8.32. The highest BCUT2D eigenvalue weighted by atomic mass is 32.1. The summed E-state index contributed by atoms with van der Waals surface area (Å²) in [6, 6.07) is 9.52. The minimum atomic E-state index is -0.717. The summed E-state index contributed by atoms with van der Waals surface area (Å²) in [7, 11) is 5.09. The van der Waals surface area contributed by atoms with Crippen LogP contribution in [0.5, 0.6) is 0 Å². The van der Waals surface area contributed by atoms with Crippen LogP contribution in [0.2, 0.25) is 0 Å². The van der Waals surface area contributed by atoms with Crippen molar-refractivity contribution in [3.05, 3.63) is 51.7 Å². The fraction of sp³-hybridized carbons (Fsp3) is 0.263. The molecule has 0 fully saturated rings. The van der Waals surface area contributed by atoms with Crippen LogP contribution in [-0.4, -0.2) is 44.5 Å². The number of para-hydroxylation sites is 2. The monoisotopic (exact) mass is 398 g/mol. The molecule has 0 aliphatic carbocycles. The van der Waals surface area contributed by atoms with Gasteiger partial charge >= 0.3 is 5.97 Å². The number of Topliss-reactive ketones (excluding diaryl/α,β-unsaturated/α-hetero) is 1. The first-order valence-corrected chi connectivity index (χ1v) is 9.20. The zero-order chi connectivity index (χ0) is 20.3. The first-order chi connectivity index (χ1) is 13.5. The number of benzene rings is 1. The summed E-state index contributed by atoms with van der Waals surface area (Å²) in [6.45, 7) is -0.249. The maximum atomic E-state index is 12.6. The molecule has 144 valence electrons. The number of thiazole rings is 1. The summed E-state index contributed by atoms with van der Waals surface area (Å²) in [4.78, 5) is 32.3. The minimum Gasteiger partial charge on any atom is -0.453 e. The van der Waals surface area contributed by atoms with E-state index in [2.05, 4.69) is 4.98 Å². The van der Waals surface area contributed by atoms with E-state index in [1.807, 2.05) is 30.3 Å². The molecule has 0 N–H and O–H groups in total. The van der Waals surface area contributed by atoms with Crippen molar-refractivity contribution in [2.45, 2.75) is 6.61 Å². The normalized spacial score (nSPS) is 12.6. The number of ether oxygens (including phenoxy) is 2. The first kappa shape index (κ1) is 19.5. The Bertz CT molecular complexity index is 961. The third kappa shape index (κ3) is 3.60. The molecule has 2 aromatic rings. The van der Waals surface area contributed by atoms with Gasteiger partial charge in [-0.05, 0) is 12.1 Å². The summed E-state index contributed by atoms with van der Waals surface area (Å²) < 4.78 is 10.0. The maximum Gasteiger partial charge on any atom is 0.358 e. The maximum absolute atomic E-state index is 12.6. The van der Waals surface area contributed by atoms with Gasteiger partial charge in [0.15, 0.2) is 12.3 Å². The molecule has 0 unspecified atom stereocenters. The Morgan fingerprint density at radius 1 is 1.21 bits per heavy atom. The molecule has 0 saturated carbocycles. The molecule has 0 spiro atoms. The van der Waals surface area contributed by atoms with Gasteiger partial charge in [-0.3, -0.25) is 4.79 Å². The average Bonchev–Trinajstić information content (AvgIpc) is 3.26. The molecular weight excluding hydrogens is 380 g/mol. The van der Waals surface area contributed by atoms with E-state index >= 15 is 0 Å². The Labute approximate surface area is 166 Å². The molecule has 28 heavy (non-hydrogen) atoms. The van der Waals surface area contributed by atoms with Crippen molar-refractivity contribution in [2.24, 2.45) is 0 Å². The summed E-state index contributed by atoms with van der Waals surface area (Å²) in [6.07, 6.45) is 0. The highest BCUT2D eigenvalue weighted by Gasteiger charge is 2.31. The van der Waals surface area contributed by atoms with Gasteiger partial charge in [-0.2, -0.15) is 5.26 Å². The average molecular weight is 398 g/mol. The highest BCUT2D eigenvalue weighted by Crippen LogP contribution is 2.40. The number of nitriles is 1. The summed E-state index contributed by atoms with van der Waals surface area (Å²) in [5.41, 5.74) is 1.79. The quantitative estimate of drug-likeness (QED) is 0.416. The summed E-state index contributed by atoms with van der Waals surface area (Å²) in [5, 5.41) is 11.7. The predicted octanol–water partition coefficient (Wildman–Crippen LogP) is 2.34. The van der Waals surface area contributed by atoms with E-state index in [1.165, 1.54) is 18.4 Å². The second kappa shape index (κ2) is 8.21. The summed E-state index contributed by atoms with van der Waals surface area (Å²) >= 11 is 1.26. The van der Waals surface area contributed by atoms with Crippen molar-refractivity contribution in [1.29, 1.82) is 5.26 Å². The lowest BCUT2D eigenvalue weighted by atomic mass is 10.2. The Morgan fingerprint density at radius 3 is 2.43 bits per heavy atom. The number of hydrogen-bond donors (Lipinski definition) is 0. The Kier molecular flexibility index (Phi) is 5.73. The molecule has 0 bridgehead atoms. The Hall–Kier alpha value is -3.22. The third-order valence-electron chi connectivity index (χ3n) is 4.22. The molecule has 1 aromatic carbocycles. The highest BCUT2D eigenvalue weighted by molar-refractivity contribution is 7.09. The number of aromatic nitrogens is 1. The Morgan fingerprint density at radius 2 is 1.86 bits per heavy atom. The van der Waals surface area contributed by atoms with Crippen molar-refractivity contribution < 1.29 is 19.1 Å². The van der Waals surface area contributed by atoms with Gasteiger partial charge in [0, 0.05) is 26.6 Å². The fourth-order valence-corrected chi connectivity index (χ4v) is 3.66. The van der Waals surface area contributed by atoms with Crippen LogP contribution in [0, 0.1) is 11.3 Å². The standard InChI is InChI=1S/C19H18N4O4S/c1-22-14-6-4-5-7-15(14)23(2)18(22)12(8-20)16(24)9-27-19(25)13-11-28-17(21-13)10-26-3/h4-7,11H,9-10H2,1-3H3. The number of ketones is 1. The number of rotatable bonds is 6. The predicted molar refractivity (Wildman–Crippen MR) is 104 cm³/mol. The van der Waals surface area contributed by atoms with Crippen LogP contribution >= 0.6 is 11.3 Å². The van der Waals surface area contributed by atoms with Gasteiger partial charge in [0.2, 0.25) is 5.78 Å². The van der Waals surface area contributed by atoms with E-state index in [0.29, 0.717) is 17.4 Å². The largest absolute Gasteiger partial charge is 0.453 e. The molecule has 0 radical (unpaired) electrons. The molecule has 3 rings (SSSR count). The third-order valence-corrected chi connectivity index (χ3v) is 5.04.